The van der Waals surface area contributed by atoms with E-state index in [-0.39, 0.29) is 5.82 Å². The van der Waals surface area contributed by atoms with Crippen LogP contribution in [0.1, 0.15) is 5.56 Å². The van der Waals surface area contributed by atoms with Crippen LogP contribution in [0.5, 0.6) is 11.5 Å². The molecule has 0 aliphatic carbocycles. The standard InChI is InChI=1S/C21H24FN3O3/c1-26-11-10-25-19(15-4-7-17(22)8-5-15)14-24-21(25)23-13-16-6-9-18(27-2)12-20(16)28-3/h4-9,12,14H,10-11,13H2,1-3H3,(H,23,24). The Morgan fingerprint density at radius 3 is 2.50 bits per heavy atom. The van der Waals surface area contributed by atoms with Crippen molar-refractivity contribution < 1.29 is 18.6 Å². The summed E-state index contributed by atoms with van der Waals surface area (Å²) in [7, 11) is 4.91. The molecule has 0 aliphatic heterocycles. The van der Waals surface area contributed by atoms with E-state index in [2.05, 4.69) is 10.3 Å². The molecule has 0 fully saturated rings. The normalized spacial score (nSPS) is 10.7. The first-order valence-electron chi connectivity index (χ1n) is 8.91. The van der Waals surface area contributed by atoms with Gasteiger partial charge < -0.3 is 24.1 Å². The van der Waals surface area contributed by atoms with Crippen molar-refractivity contribution in [2.24, 2.45) is 0 Å². The second-order valence-electron chi connectivity index (χ2n) is 6.15. The molecule has 0 saturated heterocycles. The Hall–Kier alpha value is -3.06. The third-order valence-electron chi connectivity index (χ3n) is 4.45. The Kier molecular flexibility index (Phi) is 6.49. The highest BCUT2D eigenvalue weighted by Crippen LogP contribution is 2.27. The van der Waals surface area contributed by atoms with Crippen molar-refractivity contribution in [2.75, 3.05) is 33.3 Å². The van der Waals surface area contributed by atoms with Gasteiger partial charge in [-0.2, -0.15) is 0 Å². The molecule has 2 aromatic carbocycles. The van der Waals surface area contributed by atoms with E-state index in [1.807, 2.05) is 22.8 Å². The summed E-state index contributed by atoms with van der Waals surface area (Å²) in [6, 6.07) is 12.1. The summed E-state index contributed by atoms with van der Waals surface area (Å²) >= 11 is 0. The lowest BCUT2D eigenvalue weighted by Gasteiger charge is -2.15. The second kappa shape index (κ2) is 9.23. The maximum atomic E-state index is 13.3. The number of rotatable bonds is 9. The van der Waals surface area contributed by atoms with Crippen LogP contribution in [-0.2, 0) is 17.8 Å². The number of hydrogen-bond donors (Lipinski definition) is 1. The molecular formula is C21H24FN3O3. The Balaban J connectivity index is 1.84. The summed E-state index contributed by atoms with van der Waals surface area (Å²) < 4.78 is 31.2. The largest absolute Gasteiger partial charge is 0.497 e. The van der Waals surface area contributed by atoms with Crippen LogP contribution < -0.4 is 14.8 Å². The van der Waals surface area contributed by atoms with Crippen molar-refractivity contribution in [2.45, 2.75) is 13.1 Å². The Morgan fingerprint density at radius 2 is 1.82 bits per heavy atom. The van der Waals surface area contributed by atoms with Gasteiger partial charge in [0.15, 0.2) is 0 Å². The lowest BCUT2D eigenvalue weighted by molar-refractivity contribution is 0.188. The molecule has 0 radical (unpaired) electrons. The minimum absolute atomic E-state index is 0.267. The van der Waals surface area contributed by atoms with Crippen molar-refractivity contribution in [1.82, 2.24) is 9.55 Å². The summed E-state index contributed by atoms with van der Waals surface area (Å²) in [5, 5.41) is 3.35. The van der Waals surface area contributed by atoms with Gasteiger partial charge in [0.05, 0.1) is 32.7 Å². The molecule has 0 amide bonds. The summed E-state index contributed by atoms with van der Waals surface area (Å²) in [5.74, 6) is 1.91. The lowest BCUT2D eigenvalue weighted by atomic mass is 10.1. The monoisotopic (exact) mass is 385 g/mol. The highest BCUT2D eigenvalue weighted by Gasteiger charge is 2.13. The predicted molar refractivity (Wildman–Crippen MR) is 106 cm³/mol. The van der Waals surface area contributed by atoms with Gasteiger partial charge in [0, 0.05) is 37.4 Å². The van der Waals surface area contributed by atoms with E-state index < -0.39 is 0 Å². The van der Waals surface area contributed by atoms with Crippen LogP contribution in [-0.4, -0.2) is 37.5 Å². The van der Waals surface area contributed by atoms with Gasteiger partial charge in [-0.3, -0.25) is 0 Å². The van der Waals surface area contributed by atoms with E-state index in [0.29, 0.717) is 25.6 Å². The van der Waals surface area contributed by atoms with Crippen molar-refractivity contribution in [3.8, 4) is 22.8 Å². The lowest BCUT2D eigenvalue weighted by Crippen LogP contribution is -2.12. The molecule has 0 saturated carbocycles. The maximum Gasteiger partial charge on any atom is 0.203 e. The smallest absolute Gasteiger partial charge is 0.203 e. The van der Waals surface area contributed by atoms with Crippen molar-refractivity contribution >= 4 is 5.95 Å². The maximum absolute atomic E-state index is 13.3. The second-order valence-corrected chi connectivity index (χ2v) is 6.15. The van der Waals surface area contributed by atoms with E-state index in [1.165, 1.54) is 12.1 Å². The van der Waals surface area contributed by atoms with E-state index in [0.717, 1.165) is 28.3 Å². The van der Waals surface area contributed by atoms with Gasteiger partial charge in [0.2, 0.25) is 5.95 Å². The van der Waals surface area contributed by atoms with E-state index >= 15 is 0 Å². The number of imidazole rings is 1. The SMILES string of the molecule is COCCn1c(-c2ccc(F)cc2)cnc1NCc1ccc(OC)cc1OC. The van der Waals surface area contributed by atoms with Crippen molar-refractivity contribution in [1.29, 1.82) is 0 Å². The van der Waals surface area contributed by atoms with Gasteiger partial charge in [-0.05, 0) is 36.4 Å². The summed E-state index contributed by atoms with van der Waals surface area (Å²) in [5.41, 5.74) is 2.76. The molecule has 0 unspecified atom stereocenters. The highest BCUT2D eigenvalue weighted by atomic mass is 19.1. The third-order valence-corrected chi connectivity index (χ3v) is 4.45. The molecule has 148 valence electrons. The number of anilines is 1. The Morgan fingerprint density at radius 1 is 1.04 bits per heavy atom. The molecule has 1 heterocycles. The molecule has 0 bridgehead atoms. The first kappa shape index (κ1) is 19.7. The van der Waals surface area contributed by atoms with E-state index in [9.17, 15) is 4.39 Å². The minimum atomic E-state index is -0.267. The van der Waals surface area contributed by atoms with Crippen molar-refractivity contribution in [3.63, 3.8) is 0 Å². The zero-order valence-corrected chi connectivity index (χ0v) is 16.2. The predicted octanol–water partition coefficient (Wildman–Crippen LogP) is 3.96. The number of halogens is 1. The quantitative estimate of drug-likeness (QED) is 0.604. The van der Waals surface area contributed by atoms with Gasteiger partial charge in [-0.1, -0.05) is 0 Å². The molecule has 6 nitrogen and oxygen atoms in total. The van der Waals surface area contributed by atoms with Gasteiger partial charge >= 0.3 is 0 Å². The molecular weight excluding hydrogens is 361 g/mol. The first-order chi connectivity index (χ1) is 13.7. The van der Waals surface area contributed by atoms with Crippen LogP contribution in [0.25, 0.3) is 11.3 Å². The summed E-state index contributed by atoms with van der Waals surface area (Å²) in [4.78, 5) is 4.51. The molecule has 0 atom stereocenters. The fourth-order valence-electron chi connectivity index (χ4n) is 2.95. The first-order valence-corrected chi connectivity index (χ1v) is 8.91. The summed E-state index contributed by atoms with van der Waals surface area (Å²) in [6.07, 6.45) is 1.77. The van der Waals surface area contributed by atoms with Crippen LogP contribution in [0.3, 0.4) is 0 Å². The van der Waals surface area contributed by atoms with E-state index in [1.54, 1.807) is 39.7 Å². The molecule has 0 spiro atoms. The highest BCUT2D eigenvalue weighted by molar-refractivity contribution is 5.61. The number of nitrogens with zero attached hydrogens (tertiary/aromatic N) is 2. The number of hydrogen-bond acceptors (Lipinski definition) is 5. The van der Waals surface area contributed by atoms with Gasteiger partial charge in [0.25, 0.3) is 0 Å². The molecule has 3 aromatic rings. The molecule has 1 N–H and O–H groups in total. The van der Waals surface area contributed by atoms with Gasteiger partial charge in [-0.25, -0.2) is 9.37 Å². The van der Waals surface area contributed by atoms with Gasteiger partial charge in [0.1, 0.15) is 17.3 Å². The van der Waals surface area contributed by atoms with Crippen molar-refractivity contribution in [3.05, 3.63) is 60.0 Å². The summed E-state index contributed by atoms with van der Waals surface area (Å²) in [6.45, 7) is 1.68. The molecule has 3 rings (SSSR count). The average molecular weight is 385 g/mol. The number of aromatic nitrogens is 2. The van der Waals surface area contributed by atoms with E-state index in [4.69, 9.17) is 14.2 Å². The minimum Gasteiger partial charge on any atom is -0.497 e. The number of nitrogens with one attached hydrogen (secondary N) is 1. The number of methoxy groups -OCH3 is 3. The zero-order valence-electron chi connectivity index (χ0n) is 16.2. The Labute approximate surface area is 163 Å². The molecule has 28 heavy (non-hydrogen) atoms. The Bertz CT molecular complexity index is 910. The fourth-order valence-corrected chi connectivity index (χ4v) is 2.95. The average Bonchev–Trinajstić information content (AvgIpc) is 3.13. The zero-order chi connectivity index (χ0) is 19.9. The number of benzene rings is 2. The van der Waals surface area contributed by atoms with Gasteiger partial charge in [-0.15, -0.1) is 0 Å². The van der Waals surface area contributed by atoms with Crippen LogP contribution in [0.15, 0.2) is 48.7 Å². The topological polar surface area (TPSA) is 57.5 Å². The van der Waals surface area contributed by atoms with Crippen LogP contribution >= 0.6 is 0 Å². The third kappa shape index (κ3) is 4.43. The molecule has 0 aliphatic rings. The van der Waals surface area contributed by atoms with Crippen LogP contribution in [0, 0.1) is 5.82 Å². The van der Waals surface area contributed by atoms with Crippen LogP contribution in [0.2, 0.25) is 0 Å². The molecule has 7 heteroatoms. The molecule has 1 aromatic heterocycles. The fraction of sp³-hybridized carbons (Fsp3) is 0.286. The number of ether oxygens (including phenoxy) is 3. The van der Waals surface area contributed by atoms with Crippen LogP contribution in [0.4, 0.5) is 10.3 Å².